The van der Waals surface area contributed by atoms with Crippen molar-refractivity contribution in [1.82, 2.24) is 9.88 Å². The molecule has 1 aromatic carbocycles. The van der Waals surface area contributed by atoms with Crippen LogP contribution in [-0.2, 0) is 4.79 Å². The molecule has 7 heteroatoms. The van der Waals surface area contributed by atoms with Gasteiger partial charge in [0, 0.05) is 11.8 Å². The highest BCUT2D eigenvalue weighted by molar-refractivity contribution is 5.70. The van der Waals surface area contributed by atoms with Crippen molar-refractivity contribution in [3.8, 4) is 17.2 Å². The quantitative estimate of drug-likeness (QED) is 0.783. The zero-order valence-corrected chi connectivity index (χ0v) is 16.4. The summed E-state index contributed by atoms with van der Waals surface area (Å²) in [6.45, 7) is 1.32. The number of likely N-dealkylation sites (tertiary alicyclic amines) is 1. The van der Waals surface area contributed by atoms with E-state index in [0.29, 0.717) is 43.2 Å². The van der Waals surface area contributed by atoms with E-state index in [0.717, 1.165) is 11.3 Å². The molecule has 1 fully saturated rings. The number of hydrogen-bond donors (Lipinski definition) is 1. The molecule has 1 aromatic heterocycles. The molecule has 0 amide bonds. The summed E-state index contributed by atoms with van der Waals surface area (Å²) in [6.07, 6.45) is 2.97. The second-order valence-electron chi connectivity index (χ2n) is 6.73. The van der Waals surface area contributed by atoms with Gasteiger partial charge in [-0.3, -0.25) is 14.7 Å². The van der Waals surface area contributed by atoms with E-state index in [-0.39, 0.29) is 12.0 Å². The van der Waals surface area contributed by atoms with Gasteiger partial charge in [-0.25, -0.2) is 0 Å². The summed E-state index contributed by atoms with van der Waals surface area (Å²) in [5.41, 5.74) is 1.79. The number of carboxylic acid groups (broad SMARTS) is 1. The molecule has 0 spiro atoms. The lowest BCUT2D eigenvalue weighted by Gasteiger charge is -2.37. The van der Waals surface area contributed by atoms with Crippen LogP contribution in [-0.4, -0.2) is 55.4 Å². The molecule has 3 rings (SSSR count). The molecule has 0 saturated carbocycles. The fourth-order valence-electron chi connectivity index (χ4n) is 3.83. The molecule has 1 atom stereocenters. The van der Waals surface area contributed by atoms with Crippen LogP contribution in [0.2, 0.25) is 0 Å². The van der Waals surface area contributed by atoms with Crippen LogP contribution < -0.4 is 14.2 Å². The van der Waals surface area contributed by atoms with Crippen molar-refractivity contribution in [2.75, 3.05) is 34.4 Å². The Morgan fingerprint density at radius 2 is 1.79 bits per heavy atom. The number of piperidine rings is 1. The predicted octanol–water partition coefficient (Wildman–Crippen LogP) is 2.99. The smallest absolute Gasteiger partial charge is 0.306 e. The minimum absolute atomic E-state index is 0.175. The lowest BCUT2D eigenvalue weighted by atomic mass is 9.92. The van der Waals surface area contributed by atoms with Crippen molar-refractivity contribution >= 4 is 5.97 Å². The fraction of sp³-hybridized carbons (Fsp3) is 0.429. The van der Waals surface area contributed by atoms with Crippen LogP contribution in [0, 0.1) is 5.92 Å². The Bertz CT molecular complexity index is 804. The van der Waals surface area contributed by atoms with E-state index in [9.17, 15) is 9.90 Å². The summed E-state index contributed by atoms with van der Waals surface area (Å²) < 4.78 is 16.7. The van der Waals surface area contributed by atoms with E-state index in [1.165, 1.54) is 0 Å². The first-order valence-corrected chi connectivity index (χ1v) is 9.27. The van der Waals surface area contributed by atoms with E-state index in [1.54, 1.807) is 27.5 Å². The average molecular weight is 386 g/mol. The number of pyridine rings is 1. The SMILES string of the molecule is COc1ccc(C(c2ccccn2)N2CCC(C(=O)O)CC2)c(OC)c1OC. The molecule has 7 nitrogen and oxygen atoms in total. The largest absolute Gasteiger partial charge is 0.493 e. The van der Waals surface area contributed by atoms with Crippen molar-refractivity contribution in [2.24, 2.45) is 5.92 Å². The first-order chi connectivity index (χ1) is 13.6. The minimum atomic E-state index is -0.724. The minimum Gasteiger partial charge on any atom is -0.493 e. The van der Waals surface area contributed by atoms with Crippen LogP contribution >= 0.6 is 0 Å². The van der Waals surface area contributed by atoms with Crippen molar-refractivity contribution in [2.45, 2.75) is 18.9 Å². The summed E-state index contributed by atoms with van der Waals surface area (Å²) in [5.74, 6) is 0.694. The zero-order valence-electron chi connectivity index (χ0n) is 16.4. The van der Waals surface area contributed by atoms with Gasteiger partial charge in [0.1, 0.15) is 0 Å². The van der Waals surface area contributed by atoms with E-state index < -0.39 is 5.97 Å². The number of carboxylic acids is 1. The predicted molar refractivity (Wildman–Crippen MR) is 104 cm³/mol. The number of methoxy groups -OCH3 is 3. The van der Waals surface area contributed by atoms with Crippen LogP contribution in [0.5, 0.6) is 17.2 Å². The number of aromatic nitrogens is 1. The molecule has 1 aliphatic heterocycles. The molecule has 0 aliphatic carbocycles. The molecule has 28 heavy (non-hydrogen) atoms. The average Bonchev–Trinajstić information content (AvgIpc) is 2.74. The molecule has 1 N–H and O–H groups in total. The third-order valence-electron chi connectivity index (χ3n) is 5.24. The topological polar surface area (TPSA) is 81.1 Å². The number of ether oxygens (including phenoxy) is 3. The maximum absolute atomic E-state index is 11.3. The van der Waals surface area contributed by atoms with Gasteiger partial charge in [0.25, 0.3) is 0 Å². The summed E-state index contributed by atoms with van der Waals surface area (Å²) >= 11 is 0. The van der Waals surface area contributed by atoms with Crippen LogP contribution in [0.3, 0.4) is 0 Å². The highest BCUT2D eigenvalue weighted by Crippen LogP contribution is 2.45. The molecular formula is C21H26N2O5. The molecule has 0 radical (unpaired) electrons. The summed E-state index contributed by atoms with van der Waals surface area (Å²) in [5, 5.41) is 9.32. The van der Waals surface area contributed by atoms with Crippen molar-refractivity contribution in [3.05, 3.63) is 47.8 Å². The second-order valence-corrected chi connectivity index (χ2v) is 6.73. The lowest BCUT2D eigenvalue weighted by Crippen LogP contribution is -2.39. The first-order valence-electron chi connectivity index (χ1n) is 9.27. The summed E-state index contributed by atoms with van der Waals surface area (Å²) in [6, 6.07) is 9.45. The van der Waals surface area contributed by atoms with Gasteiger partial charge in [-0.1, -0.05) is 6.07 Å². The molecule has 2 aromatic rings. The lowest BCUT2D eigenvalue weighted by molar-refractivity contribution is -0.143. The number of rotatable bonds is 7. The molecule has 150 valence electrons. The Balaban J connectivity index is 2.05. The van der Waals surface area contributed by atoms with Crippen LogP contribution in [0.25, 0.3) is 0 Å². The zero-order chi connectivity index (χ0) is 20.1. The Morgan fingerprint density at radius 3 is 2.32 bits per heavy atom. The number of nitrogens with zero attached hydrogens (tertiary/aromatic N) is 2. The first kappa shape index (κ1) is 19.9. The van der Waals surface area contributed by atoms with Gasteiger partial charge in [-0.05, 0) is 50.2 Å². The van der Waals surface area contributed by atoms with Gasteiger partial charge >= 0.3 is 5.97 Å². The molecular weight excluding hydrogens is 360 g/mol. The second kappa shape index (κ2) is 8.93. The monoisotopic (exact) mass is 386 g/mol. The highest BCUT2D eigenvalue weighted by atomic mass is 16.5. The van der Waals surface area contributed by atoms with Gasteiger partial charge in [0.05, 0.1) is 39.0 Å². The van der Waals surface area contributed by atoms with E-state index >= 15 is 0 Å². The van der Waals surface area contributed by atoms with Crippen molar-refractivity contribution < 1.29 is 24.1 Å². The number of benzene rings is 1. The Morgan fingerprint density at radius 1 is 1.07 bits per heavy atom. The number of carbonyl (C=O) groups is 1. The molecule has 1 saturated heterocycles. The van der Waals surface area contributed by atoms with Gasteiger partial charge < -0.3 is 19.3 Å². The maximum atomic E-state index is 11.3. The van der Waals surface area contributed by atoms with Gasteiger partial charge in [0.15, 0.2) is 11.5 Å². The van der Waals surface area contributed by atoms with Crippen LogP contribution in [0.15, 0.2) is 36.5 Å². The number of hydrogen-bond acceptors (Lipinski definition) is 6. The molecule has 1 aliphatic rings. The van der Waals surface area contributed by atoms with Crippen molar-refractivity contribution in [1.29, 1.82) is 0 Å². The fourth-order valence-corrected chi connectivity index (χ4v) is 3.83. The molecule has 0 bridgehead atoms. The standard InChI is InChI=1S/C21H26N2O5/c1-26-17-8-7-15(19(27-2)20(17)28-3)18(16-6-4-5-11-22-16)23-12-9-14(10-13-23)21(24)25/h4-8,11,14,18H,9-10,12-13H2,1-3H3,(H,24,25). The van der Waals surface area contributed by atoms with Gasteiger partial charge in [-0.15, -0.1) is 0 Å². The van der Waals surface area contributed by atoms with Crippen molar-refractivity contribution in [3.63, 3.8) is 0 Å². The van der Waals surface area contributed by atoms with Crippen LogP contribution in [0.1, 0.15) is 30.1 Å². The Kier molecular flexibility index (Phi) is 6.36. The molecule has 2 heterocycles. The highest BCUT2D eigenvalue weighted by Gasteiger charge is 2.33. The maximum Gasteiger partial charge on any atom is 0.306 e. The third-order valence-corrected chi connectivity index (χ3v) is 5.24. The van der Waals surface area contributed by atoms with E-state index in [2.05, 4.69) is 9.88 Å². The van der Waals surface area contributed by atoms with E-state index in [4.69, 9.17) is 14.2 Å². The van der Waals surface area contributed by atoms with E-state index in [1.807, 2.05) is 30.3 Å². The summed E-state index contributed by atoms with van der Waals surface area (Å²) in [7, 11) is 4.77. The van der Waals surface area contributed by atoms with Crippen LogP contribution in [0.4, 0.5) is 0 Å². The number of aliphatic carboxylic acids is 1. The normalized spacial score (nSPS) is 16.4. The van der Waals surface area contributed by atoms with Gasteiger partial charge in [0.2, 0.25) is 5.75 Å². The Labute approximate surface area is 164 Å². The summed E-state index contributed by atoms with van der Waals surface area (Å²) in [4.78, 5) is 18.2. The Hall–Kier alpha value is -2.80. The third kappa shape index (κ3) is 3.89. The molecule has 1 unspecified atom stereocenters. The van der Waals surface area contributed by atoms with Gasteiger partial charge in [-0.2, -0.15) is 0 Å².